The summed E-state index contributed by atoms with van der Waals surface area (Å²) in [4.78, 5) is 31.9. The van der Waals surface area contributed by atoms with Crippen LogP contribution in [0.2, 0.25) is 0 Å². The molecule has 5 aromatic rings. The number of hydrogen-bond acceptors (Lipinski definition) is 7. The molecule has 1 unspecified atom stereocenters. The van der Waals surface area contributed by atoms with E-state index in [0.29, 0.717) is 47.0 Å². The van der Waals surface area contributed by atoms with Gasteiger partial charge in [-0.2, -0.15) is 0 Å². The normalized spacial score (nSPS) is 15.4. The summed E-state index contributed by atoms with van der Waals surface area (Å²) in [6.07, 6.45) is 6.31. The molecule has 1 amide bonds. The fourth-order valence-electron chi connectivity index (χ4n) is 5.13. The number of amides is 1. The first-order chi connectivity index (χ1) is 19.4. The Morgan fingerprint density at radius 2 is 2.02 bits per heavy atom. The van der Waals surface area contributed by atoms with Crippen LogP contribution in [0.1, 0.15) is 30.0 Å². The smallest absolute Gasteiger partial charge is 0.245 e. The minimum absolute atomic E-state index is 0.0771. The lowest BCUT2D eigenvalue weighted by Gasteiger charge is -2.31. The second-order valence-corrected chi connectivity index (χ2v) is 9.94. The molecule has 6 rings (SSSR count). The number of rotatable bonds is 6. The number of nitrogens with zero attached hydrogens (tertiary/aromatic N) is 6. The summed E-state index contributed by atoms with van der Waals surface area (Å²) in [5.41, 5.74) is 4.40. The van der Waals surface area contributed by atoms with E-state index in [1.54, 1.807) is 30.3 Å². The highest BCUT2D eigenvalue weighted by molar-refractivity contribution is 5.88. The van der Waals surface area contributed by atoms with Gasteiger partial charge in [-0.1, -0.05) is 6.58 Å². The van der Waals surface area contributed by atoms with Crippen LogP contribution in [0.4, 0.5) is 15.9 Å². The number of fused-ring (bicyclic) bond motifs is 2. The summed E-state index contributed by atoms with van der Waals surface area (Å²) in [6.45, 7) is 6.55. The van der Waals surface area contributed by atoms with Crippen molar-refractivity contribution in [2.24, 2.45) is 7.05 Å². The van der Waals surface area contributed by atoms with Gasteiger partial charge in [0.15, 0.2) is 11.6 Å². The van der Waals surface area contributed by atoms with Crippen LogP contribution in [-0.2, 0) is 11.8 Å². The standard InChI is InChI=1S/C30H28FN7O2/c1-4-27(39)38-13-5-6-19(15-38)21-8-9-23-29(35-21)30(33-16-32-23)36-22-10-12-26(18(2)28(22)31)40-20-7-11-25-24(14-20)34-17-37(25)3/h4,7-12,14,16-17,19H,1,5-6,13,15H2,2-3H3,(H,32,33,36). The summed E-state index contributed by atoms with van der Waals surface area (Å²) in [6, 6.07) is 12.7. The number of carbonyl (C=O) groups is 1. The summed E-state index contributed by atoms with van der Waals surface area (Å²) >= 11 is 0. The van der Waals surface area contributed by atoms with Crippen molar-refractivity contribution < 1.29 is 13.9 Å². The van der Waals surface area contributed by atoms with Gasteiger partial charge in [-0.15, -0.1) is 0 Å². The predicted octanol–water partition coefficient (Wildman–Crippen LogP) is 5.79. The van der Waals surface area contributed by atoms with Gasteiger partial charge in [0, 0.05) is 43.4 Å². The Hall–Kier alpha value is -4.86. The molecule has 0 spiro atoms. The fraction of sp³-hybridized carbons (Fsp3) is 0.233. The first-order valence-electron chi connectivity index (χ1n) is 13.1. The van der Waals surface area contributed by atoms with E-state index in [1.165, 1.54) is 12.4 Å². The second-order valence-electron chi connectivity index (χ2n) is 9.94. The topological polar surface area (TPSA) is 98.1 Å². The van der Waals surface area contributed by atoms with Crippen LogP contribution in [0.25, 0.3) is 22.1 Å². The van der Waals surface area contributed by atoms with E-state index in [0.717, 1.165) is 29.6 Å². The number of aryl methyl sites for hydroxylation is 1. The van der Waals surface area contributed by atoms with Gasteiger partial charge in [0.05, 0.1) is 28.6 Å². The third kappa shape index (κ3) is 4.72. The Morgan fingerprint density at radius 1 is 1.15 bits per heavy atom. The molecule has 1 aliphatic rings. The minimum atomic E-state index is -0.454. The molecule has 2 aromatic carbocycles. The highest BCUT2D eigenvalue weighted by atomic mass is 19.1. The van der Waals surface area contributed by atoms with Crippen LogP contribution in [-0.4, -0.2) is 48.4 Å². The predicted molar refractivity (Wildman–Crippen MR) is 151 cm³/mol. The van der Waals surface area contributed by atoms with Crippen LogP contribution >= 0.6 is 0 Å². The van der Waals surface area contributed by atoms with Crippen LogP contribution in [0.15, 0.2) is 67.8 Å². The number of pyridine rings is 1. The number of ether oxygens (including phenoxy) is 1. The van der Waals surface area contributed by atoms with Crippen LogP contribution < -0.4 is 10.1 Å². The third-order valence-corrected chi connectivity index (χ3v) is 7.34. The van der Waals surface area contributed by atoms with E-state index in [9.17, 15) is 4.79 Å². The molecule has 0 radical (unpaired) electrons. The monoisotopic (exact) mass is 537 g/mol. The van der Waals surface area contributed by atoms with Gasteiger partial charge in [-0.25, -0.2) is 24.3 Å². The molecule has 0 bridgehead atoms. The van der Waals surface area contributed by atoms with Crippen LogP contribution in [0.5, 0.6) is 11.5 Å². The third-order valence-electron chi connectivity index (χ3n) is 7.34. The van der Waals surface area contributed by atoms with E-state index in [1.807, 2.05) is 41.9 Å². The van der Waals surface area contributed by atoms with E-state index in [2.05, 4.69) is 26.8 Å². The number of hydrogen-bond donors (Lipinski definition) is 1. The maximum Gasteiger partial charge on any atom is 0.245 e. The van der Waals surface area contributed by atoms with Gasteiger partial charge < -0.3 is 19.5 Å². The van der Waals surface area contributed by atoms with Crippen molar-refractivity contribution in [3.63, 3.8) is 0 Å². The van der Waals surface area contributed by atoms with Crippen molar-refractivity contribution >= 4 is 39.5 Å². The molecule has 1 fully saturated rings. The second kappa shape index (κ2) is 10.4. The van der Waals surface area contributed by atoms with E-state index < -0.39 is 5.82 Å². The van der Waals surface area contributed by atoms with Gasteiger partial charge in [-0.05, 0) is 62.2 Å². The van der Waals surface area contributed by atoms with Gasteiger partial charge in [0.2, 0.25) is 5.91 Å². The number of imidazole rings is 1. The molecule has 1 N–H and O–H groups in total. The number of carbonyl (C=O) groups excluding carboxylic acids is 1. The van der Waals surface area contributed by atoms with E-state index >= 15 is 4.39 Å². The largest absolute Gasteiger partial charge is 0.457 e. The average molecular weight is 538 g/mol. The van der Waals surface area contributed by atoms with E-state index in [4.69, 9.17) is 9.72 Å². The first kappa shape index (κ1) is 25.4. The molecule has 1 atom stereocenters. The molecule has 202 valence electrons. The average Bonchev–Trinajstić information content (AvgIpc) is 3.36. The first-order valence-corrected chi connectivity index (χ1v) is 13.1. The Labute approximate surface area is 230 Å². The molecule has 1 aliphatic heterocycles. The maximum absolute atomic E-state index is 15.6. The lowest BCUT2D eigenvalue weighted by molar-refractivity contribution is -0.127. The van der Waals surface area contributed by atoms with Crippen molar-refractivity contribution in [1.29, 1.82) is 0 Å². The number of halogens is 1. The van der Waals surface area contributed by atoms with Gasteiger partial charge in [0.1, 0.15) is 23.3 Å². The Balaban J connectivity index is 1.26. The minimum Gasteiger partial charge on any atom is -0.457 e. The molecule has 9 nitrogen and oxygen atoms in total. The zero-order valence-corrected chi connectivity index (χ0v) is 22.3. The zero-order chi connectivity index (χ0) is 27.8. The number of piperidine rings is 1. The molecule has 3 aromatic heterocycles. The molecule has 4 heterocycles. The molecule has 0 saturated carbocycles. The molecular formula is C30H28FN7O2. The summed E-state index contributed by atoms with van der Waals surface area (Å²) in [7, 11) is 1.92. The van der Waals surface area contributed by atoms with E-state index in [-0.39, 0.29) is 17.5 Å². The molecule has 40 heavy (non-hydrogen) atoms. The summed E-state index contributed by atoms with van der Waals surface area (Å²) in [5.74, 6) is 0.924. The maximum atomic E-state index is 15.6. The SMILES string of the molecule is C=CC(=O)N1CCCC(c2ccc3ncnc(Nc4ccc(Oc5ccc6c(c5)ncn6C)c(C)c4F)c3n2)C1. The number of anilines is 2. The quantitative estimate of drug-likeness (QED) is 0.274. The van der Waals surface area contributed by atoms with Gasteiger partial charge >= 0.3 is 0 Å². The number of benzene rings is 2. The summed E-state index contributed by atoms with van der Waals surface area (Å²) in [5, 5.41) is 3.11. The lowest BCUT2D eigenvalue weighted by atomic mass is 9.94. The van der Waals surface area contributed by atoms with Gasteiger partial charge in [-0.3, -0.25) is 4.79 Å². The molecule has 0 aliphatic carbocycles. The van der Waals surface area contributed by atoms with Gasteiger partial charge in [0.25, 0.3) is 0 Å². The number of aromatic nitrogens is 5. The Morgan fingerprint density at radius 3 is 2.88 bits per heavy atom. The van der Waals surface area contributed by atoms with Crippen molar-refractivity contribution in [1.82, 2.24) is 29.4 Å². The van der Waals surface area contributed by atoms with Crippen molar-refractivity contribution in [3.8, 4) is 11.5 Å². The highest BCUT2D eigenvalue weighted by Gasteiger charge is 2.25. The van der Waals surface area contributed by atoms with Crippen molar-refractivity contribution in [3.05, 3.63) is 84.8 Å². The lowest BCUT2D eigenvalue weighted by Crippen LogP contribution is -2.38. The van der Waals surface area contributed by atoms with Crippen LogP contribution in [0.3, 0.4) is 0 Å². The van der Waals surface area contributed by atoms with Crippen molar-refractivity contribution in [2.75, 3.05) is 18.4 Å². The Bertz CT molecular complexity index is 1770. The number of nitrogens with one attached hydrogen (secondary N) is 1. The zero-order valence-electron chi connectivity index (χ0n) is 22.3. The Kier molecular flexibility index (Phi) is 6.59. The molecule has 1 saturated heterocycles. The van der Waals surface area contributed by atoms with Crippen molar-refractivity contribution in [2.45, 2.75) is 25.7 Å². The summed E-state index contributed by atoms with van der Waals surface area (Å²) < 4.78 is 23.5. The molecular weight excluding hydrogens is 509 g/mol. The highest BCUT2D eigenvalue weighted by Crippen LogP contribution is 2.34. The molecule has 10 heteroatoms. The fourth-order valence-corrected chi connectivity index (χ4v) is 5.13. The van der Waals surface area contributed by atoms with Crippen LogP contribution in [0, 0.1) is 12.7 Å². The number of likely N-dealkylation sites (tertiary alicyclic amines) is 1.